The molecule has 0 amide bonds. The molecule has 1 aliphatic heterocycles. The molecule has 3 heteroatoms. The number of rotatable bonds is 5. The predicted octanol–water partition coefficient (Wildman–Crippen LogP) is 2.61. The zero-order chi connectivity index (χ0) is 11.8. The molecule has 0 aromatic rings. The highest BCUT2D eigenvalue weighted by molar-refractivity contribution is 6.18. The van der Waals surface area contributed by atoms with Gasteiger partial charge in [-0.05, 0) is 12.0 Å². The van der Waals surface area contributed by atoms with E-state index in [1.54, 1.807) is 6.08 Å². The van der Waals surface area contributed by atoms with Crippen LogP contribution in [0.1, 0.15) is 6.42 Å². The summed E-state index contributed by atoms with van der Waals surface area (Å²) in [5, 5.41) is 0. The van der Waals surface area contributed by atoms with Crippen molar-refractivity contribution in [3.63, 3.8) is 0 Å². The maximum Gasteiger partial charge on any atom is 0.0837 e. The Morgan fingerprint density at radius 3 is 3.06 bits per heavy atom. The molecule has 0 bridgehead atoms. The van der Waals surface area contributed by atoms with Gasteiger partial charge >= 0.3 is 0 Å². The molecule has 1 rings (SSSR count). The summed E-state index contributed by atoms with van der Waals surface area (Å²) in [5.74, 6) is 0.561. The highest BCUT2D eigenvalue weighted by Gasteiger charge is 2.17. The summed E-state index contributed by atoms with van der Waals surface area (Å²) in [5.41, 5.74) is 1.09. The summed E-state index contributed by atoms with van der Waals surface area (Å²) >= 11 is 5.84. The molecular weight excluding hydrogens is 222 g/mol. The van der Waals surface area contributed by atoms with Gasteiger partial charge in [0.15, 0.2) is 0 Å². The van der Waals surface area contributed by atoms with Crippen LogP contribution in [0.2, 0.25) is 0 Å². The third-order valence-corrected chi connectivity index (χ3v) is 2.85. The van der Waals surface area contributed by atoms with E-state index in [9.17, 15) is 0 Å². The van der Waals surface area contributed by atoms with Crippen LogP contribution in [0.3, 0.4) is 0 Å². The van der Waals surface area contributed by atoms with Crippen molar-refractivity contribution >= 4 is 11.6 Å². The van der Waals surface area contributed by atoms with Crippen molar-refractivity contribution in [3.8, 4) is 0 Å². The van der Waals surface area contributed by atoms with Gasteiger partial charge in [0.2, 0.25) is 0 Å². The summed E-state index contributed by atoms with van der Waals surface area (Å²) in [6, 6.07) is 0. The van der Waals surface area contributed by atoms with Crippen LogP contribution < -0.4 is 0 Å². The molecule has 0 aliphatic carbocycles. The van der Waals surface area contributed by atoms with Crippen LogP contribution in [0.5, 0.6) is 0 Å². The van der Waals surface area contributed by atoms with Crippen molar-refractivity contribution in [2.75, 3.05) is 32.1 Å². The standard InChI is InChI=1S/C13H20ClNO/c1-3-4-6-12(2)10-15-7-5-8-16-13(9-14)11-15/h3-4,6,13H,1-2,5,7-11H2/b6-4-. The van der Waals surface area contributed by atoms with Gasteiger partial charge in [0.05, 0.1) is 6.10 Å². The van der Waals surface area contributed by atoms with Crippen LogP contribution in [0.15, 0.2) is 37.0 Å². The van der Waals surface area contributed by atoms with Crippen LogP contribution in [0.4, 0.5) is 0 Å². The van der Waals surface area contributed by atoms with E-state index in [0.717, 1.165) is 38.2 Å². The number of halogens is 1. The number of allylic oxidation sites excluding steroid dienone is 2. The normalized spacial score (nSPS) is 23.2. The van der Waals surface area contributed by atoms with Crippen molar-refractivity contribution in [2.45, 2.75) is 12.5 Å². The number of ether oxygens (including phenoxy) is 1. The fraction of sp³-hybridized carbons (Fsp3) is 0.538. The third kappa shape index (κ3) is 4.97. The summed E-state index contributed by atoms with van der Waals surface area (Å²) in [6.45, 7) is 11.3. The second kappa shape index (κ2) is 7.66. The summed E-state index contributed by atoms with van der Waals surface area (Å²) in [6.07, 6.45) is 6.88. The zero-order valence-corrected chi connectivity index (χ0v) is 10.5. The average molecular weight is 242 g/mol. The van der Waals surface area contributed by atoms with Gasteiger partial charge in [-0.3, -0.25) is 4.90 Å². The van der Waals surface area contributed by atoms with Crippen molar-refractivity contribution in [1.29, 1.82) is 0 Å². The van der Waals surface area contributed by atoms with Crippen LogP contribution in [0.25, 0.3) is 0 Å². The van der Waals surface area contributed by atoms with Gasteiger partial charge in [0.25, 0.3) is 0 Å². The van der Waals surface area contributed by atoms with Gasteiger partial charge in [-0.2, -0.15) is 0 Å². The minimum absolute atomic E-state index is 0.153. The molecule has 0 aromatic heterocycles. The Hall–Kier alpha value is -0.570. The van der Waals surface area contributed by atoms with Gasteiger partial charge in [0, 0.05) is 32.1 Å². The van der Waals surface area contributed by atoms with Crippen LogP contribution in [0, 0.1) is 0 Å². The van der Waals surface area contributed by atoms with Crippen LogP contribution in [-0.2, 0) is 4.74 Å². The Morgan fingerprint density at radius 1 is 1.56 bits per heavy atom. The highest BCUT2D eigenvalue weighted by atomic mass is 35.5. The molecule has 1 atom stereocenters. The van der Waals surface area contributed by atoms with E-state index in [4.69, 9.17) is 16.3 Å². The fourth-order valence-corrected chi connectivity index (χ4v) is 1.94. The molecule has 90 valence electrons. The number of hydrogen-bond acceptors (Lipinski definition) is 2. The van der Waals surface area contributed by atoms with E-state index in [0.29, 0.717) is 5.88 Å². The maximum absolute atomic E-state index is 5.84. The molecule has 0 saturated carbocycles. The lowest BCUT2D eigenvalue weighted by molar-refractivity contribution is 0.0714. The van der Waals surface area contributed by atoms with Crippen LogP contribution >= 0.6 is 11.6 Å². The zero-order valence-electron chi connectivity index (χ0n) is 9.70. The Bertz CT molecular complexity index is 263. The Kier molecular flexibility index (Phi) is 6.46. The Labute approximate surface area is 103 Å². The first kappa shape index (κ1) is 13.5. The van der Waals surface area contributed by atoms with Crippen molar-refractivity contribution in [1.82, 2.24) is 4.90 Å². The second-order valence-corrected chi connectivity index (χ2v) is 4.30. The van der Waals surface area contributed by atoms with Crippen molar-refractivity contribution < 1.29 is 4.74 Å². The van der Waals surface area contributed by atoms with Gasteiger partial charge in [-0.1, -0.05) is 31.4 Å². The first-order valence-corrected chi connectivity index (χ1v) is 6.16. The van der Waals surface area contributed by atoms with Gasteiger partial charge in [-0.25, -0.2) is 0 Å². The second-order valence-electron chi connectivity index (χ2n) is 3.99. The first-order chi connectivity index (χ1) is 7.76. The maximum atomic E-state index is 5.84. The molecule has 1 heterocycles. The molecule has 0 N–H and O–H groups in total. The lowest BCUT2D eigenvalue weighted by Gasteiger charge is -2.22. The first-order valence-electron chi connectivity index (χ1n) is 5.63. The molecule has 0 radical (unpaired) electrons. The minimum atomic E-state index is 0.153. The lowest BCUT2D eigenvalue weighted by atomic mass is 10.2. The van der Waals surface area contributed by atoms with Crippen LogP contribution in [-0.4, -0.2) is 43.1 Å². The summed E-state index contributed by atoms with van der Waals surface area (Å²) in [7, 11) is 0. The smallest absolute Gasteiger partial charge is 0.0837 e. The quantitative estimate of drug-likeness (QED) is 0.542. The minimum Gasteiger partial charge on any atom is -0.376 e. The molecule has 2 nitrogen and oxygen atoms in total. The monoisotopic (exact) mass is 241 g/mol. The summed E-state index contributed by atoms with van der Waals surface area (Å²) in [4.78, 5) is 2.34. The SMILES string of the molecule is C=C/C=C\C(=C)CN1CCCOC(CCl)C1. The molecule has 0 spiro atoms. The highest BCUT2D eigenvalue weighted by Crippen LogP contribution is 2.09. The average Bonchev–Trinajstić information content (AvgIpc) is 2.51. The van der Waals surface area contributed by atoms with E-state index in [1.807, 2.05) is 12.2 Å². The molecule has 0 aromatic carbocycles. The number of hydrogen-bond donors (Lipinski definition) is 0. The van der Waals surface area contributed by atoms with Gasteiger partial charge in [0.1, 0.15) is 0 Å². The van der Waals surface area contributed by atoms with Crippen molar-refractivity contribution in [3.05, 3.63) is 37.0 Å². The van der Waals surface area contributed by atoms with E-state index >= 15 is 0 Å². The largest absolute Gasteiger partial charge is 0.376 e. The Morgan fingerprint density at radius 2 is 2.38 bits per heavy atom. The molecule has 1 saturated heterocycles. The fourth-order valence-electron chi connectivity index (χ4n) is 1.75. The topological polar surface area (TPSA) is 12.5 Å². The Balaban J connectivity index is 2.42. The molecular formula is C13H20ClNO. The molecule has 1 unspecified atom stereocenters. The van der Waals surface area contributed by atoms with E-state index < -0.39 is 0 Å². The van der Waals surface area contributed by atoms with Gasteiger partial charge < -0.3 is 4.74 Å². The predicted molar refractivity (Wildman–Crippen MR) is 70.0 cm³/mol. The molecule has 16 heavy (non-hydrogen) atoms. The third-order valence-electron chi connectivity index (χ3n) is 2.50. The molecule has 1 aliphatic rings. The van der Waals surface area contributed by atoms with E-state index in [2.05, 4.69) is 18.1 Å². The summed E-state index contributed by atoms with van der Waals surface area (Å²) < 4.78 is 5.61. The number of nitrogens with zero attached hydrogens (tertiary/aromatic N) is 1. The number of alkyl halides is 1. The van der Waals surface area contributed by atoms with E-state index in [-0.39, 0.29) is 6.10 Å². The molecule has 1 fully saturated rings. The van der Waals surface area contributed by atoms with E-state index in [1.165, 1.54) is 0 Å². The van der Waals surface area contributed by atoms with Gasteiger partial charge in [-0.15, -0.1) is 11.6 Å². The lowest BCUT2D eigenvalue weighted by Crippen LogP contribution is -2.33. The van der Waals surface area contributed by atoms with Crippen molar-refractivity contribution in [2.24, 2.45) is 0 Å².